The summed E-state index contributed by atoms with van der Waals surface area (Å²) in [4.78, 5) is 11.6. The molecule has 0 aliphatic heterocycles. The third kappa shape index (κ3) is 2.42. The quantitative estimate of drug-likeness (QED) is 0.843. The first-order valence-electron chi connectivity index (χ1n) is 5.13. The van der Waals surface area contributed by atoms with Gasteiger partial charge in [-0.2, -0.15) is 18.3 Å². The summed E-state index contributed by atoms with van der Waals surface area (Å²) in [5.41, 5.74) is -1.03. The average molecular weight is 247 g/mol. The Labute approximate surface area is 95.6 Å². The van der Waals surface area contributed by atoms with E-state index in [1.165, 1.54) is 0 Å². The standard InChI is InChI=1S/C10H12F3N3O/c1-9(2)4-5(9)8(17)14-7-3-6(15-16-7)10(11,12)13/h3,5H,4H2,1-2H3,(H2,14,15,16,17)/t5-/m1/s1. The molecule has 0 unspecified atom stereocenters. The lowest BCUT2D eigenvalue weighted by Crippen LogP contribution is -2.16. The fraction of sp³-hybridized carbons (Fsp3) is 0.600. The lowest BCUT2D eigenvalue weighted by atomic mass is 10.1. The van der Waals surface area contributed by atoms with Crippen molar-refractivity contribution >= 4 is 11.7 Å². The van der Waals surface area contributed by atoms with Gasteiger partial charge in [0.2, 0.25) is 5.91 Å². The minimum Gasteiger partial charge on any atom is -0.309 e. The second kappa shape index (κ2) is 3.48. The summed E-state index contributed by atoms with van der Waals surface area (Å²) in [6.07, 6.45) is -3.73. The molecule has 1 amide bonds. The van der Waals surface area contributed by atoms with Gasteiger partial charge in [-0.3, -0.25) is 9.89 Å². The van der Waals surface area contributed by atoms with Gasteiger partial charge >= 0.3 is 6.18 Å². The van der Waals surface area contributed by atoms with E-state index in [-0.39, 0.29) is 23.1 Å². The summed E-state index contributed by atoms with van der Waals surface area (Å²) in [7, 11) is 0. The number of alkyl halides is 3. The number of anilines is 1. The molecular formula is C10H12F3N3O. The molecule has 1 fully saturated rings. The van der Waals surface area contributed by atoms with Gasteiger partial charge in [0.05, 0.1) is 0 Å². The van der Waals surface area contributed by atoms with Crippen LogP contribution in [0.5, 0.6) is 0 Å². The molecule has 94 valence electrons. The van der Waals surface area contributed by atoms with Crippen LogP contribution in [-0.4, -0.2) is 16.1 Å². The Morgan fingerprint density at radius 3 is 2.59 bits per heavy atom. The van der Waals surface area contributed by atoms with Crippen LogP contribution in [0.4, 0.5) is 19.0 Å². The second-order valence-corrected chi connectivity index (χ2v) is 4.90. The van der Waals surface area contributed by atoms with Crippen LogP contribution in [-0.2, 0) is 11.0 Å². The molecule has 1 saturated carbocycles. The lowest BCUT2D eigenvalue weighted by molar-refractivity contribution is -0.141. The van der Waals surface area contributed by atoms with Crippen molar-refractivity contribution in [1.82, 2.24) is 10.2 Å². The summed E-state index contributed by atoms with van der Waals surface area (Å²) >= 11 is 0. The molecule has 7 heteroatoms. The van der Waals surface area contributed by atoms with Crippen LogP contribution in [0.1, 0.15) is 26.0 Å². The van der Waals surface area contributed by atoms with Gasteiger partial charge in [-0.1, -0.05) is 13.8 Å². The lowest BCUT2D eigenvalue weighted by Gasteiger charge is -2.03. The molecule has 1 aromatic heterocycles. The van der Waals surface area contributed by atoms with Gasteiger partial charge in [0.25, 0.3) is 0 Å². The third-order valence-electron chi connectivity index (χ3n) is 2.96. The summed E-state index contributed by atoms with van der Waals surface area (Å²) in [6.45, 7) is 3.87. The molecular weight excluding hydrogens is 235 g/mol. The van der Waals surface area contributed by atoms with Crippen molar-refractivity contribution in [2.75, 3.05) is 5.32 Å². The number of nitrogens with zero attached hydrogens (tertiary/aromatic N) is 1. The fourth-order valence-corrected chi connectivity index (χ4v) is 1.66. The minimum atomic E-state index is -4.48. The van der Waals surface area contributed by atoms with Crippen molar-refractivity contribution in [2.24, 2.45) is 11.3 Å². The van der Waals surface area contributed by atoms with E-state index in [0.717, 1.165) is 12.5 Å². The first-order chi connectivity index (χ1) is 7.70. The Morgan fingerprint density at radius 2 is 2.18 bits per heavy atom. The van der Waals surface area contributed by atoms with Gasteiger partial charge in [-0.25, -0.2) is 0 Å². The first kappa shape index (κ1) is 11.9. The highest BCUT2D eigenvalue weighted by molar-refractivity contribution is 5.94. The number of aromatic nitrogens is 2. The highest BCUT2D eigenvalue weighted by Crippen LogP contribution is 2.51. The summed E-state index contributed by atoms with van der Waals surface area (Å²) in [5, 5.41) is 7.62. The highest BCUT2D eigenvalue weighted by atomic mass is 19.4. The van der Waals surface area contributed by atoms with Crippen molar-refractivity contribution in [3.8, 4) is 0 Å². The van der Waals surface area contributed by atoms with Crippen LogP contribution in [0.3, 0.4) is 0 Å². The molecule has 1 aliphatic rings. The van der Waals surface area contributed by atoms with E-state index in [9.17, 15) is 18.0 Å². The van der Waals surface area contributed by atoms with Gasteiger partial charge in [-0.15, -0.1) is 0 Å². The number of carbonyl (C=O) groups excluding carboxylic acids is 1. The SMILES string of the molecule is CC1(C)C[C@@H]1C(=O)Nc1cc(C(F)(F)F)[nH]n1. The van der Waals surface area contributed by atoms with E-state index in [2.05, 4.69) is 10.4 Å². The van der Waals surface area contributed by atoms with Crippen LogP contribution in [0, 0.1) is 11.3 Å². The Balaban J connectivity index is 2.01. The molecule has 0 bridgehead atoms. The molecule has 0 saturated heterocycles. The number of amides is 1. The van der Waals surface area contributed by atoms with Gasteiger partial charge in [-0.05, 0) is 11.8 Å². The largest absolute Gasteiger partial charge is 0.432 e. The predicted octanol–water partition coefficient (Wildman–Crippen LogP) is 2.41. The maximum absolute atomic E-state index is 12.2. The van der Waals surface area contributed by atoms with Crippen LogP contribution < -0.4 is 5.32 Å². The Bertz CT molecular complexity index is 450. The zero-order valence-corrected chi connectivity index (χ0v) is 9.35. The number of hydrogen-bond donors (Lipinski definition) is 2. The third-order valence-corrected chi connectivity index (χ3v) is 2.96. The number of nitrogens with one attached hydrogen (secondary N) is 2. The average Bonchev–Trinajstić information content (AvgIpc) is 2.60. The van der Waals surface area contributed by atoms with Crippen molar-refractivity contribution in [2.45, 2.75) is 26.4 Å². The number of carbonyl (C=O) groups is 1. The molecule has 0 spiro atoms. The van der Waals surface area contributed by atoms with Gasteiger partial charge in [0, 0.05) is 12.0 Å². The Morgan fingerprint density at radius 1 is 1.59 bits per heavy atom. The number of halogens is 3. The van der Waals surface area contributed by atoms with Crippen molar-refractivity contribution in [3.05, 3.63) is 11.8 Å². The van der Waals surface area contributed by atoms with E-state index in [1.807, 2.05) is 18.9 Å². The minimum absolute atomic E-state index is 0.0623. The summed E-state index contributed by atoms with van der Waals surface area (Å²) < 4.78 is 36.7. The number of hydrogen-bond acceptors (Lipinski definition) is 2. The van der Waals surface area contributed by atoms with E-state index in [0.29, 0.717) is 0 Å². The smallest absolute Gasteiger partial charge is 0.309 e. The van der Waals surface area contributed by atoms with Crippen molar-refractivity contribution in [3.63, 3.8) is 0 Å². The van der Waals surface area contributed by atoms with Crippen LogP contribution in [0.2, 0.25) is 0 Å². The first-order valence-corrected chi connectivity index (χ1v) is 5.13. The molecule has 1 aromatic rings. The van der Waals surface area contributed by atoms with Crippen molar-refractivity contribution in [1.29, 1.82) is 0 Å². The molecule has 1 aliphatic carbocycles. The van der Waals surface area contributed by atoms with Crippen LogP contribution in [0.15, 0.2) is 6.07 Å². The van der Waals surface area contributed by atoms with E-state index < -0.39 is 11.9 Å². The maximum atomic E-state index is 12.2. The van der Waals surface area contributed by atoms with Crippen LogP contribution in [0.25, 0.3) is 0 Å². The molecule has 4 nitrogen and oxygen atoms in total. The predicted molar refractivity (Wildman–Crippen MR) is 54.1 cm³/mol. The van der Waals surface area contributed by atoms with Gasteiger partial charge in [0.1, 0.15) is 5.69 Å². The molecule has 0 radical (unpaired) electrons. The van der Waals surface area contributed by atoms with E-state index in [1.54, 1.807) is 0 Å². The Kier molecular flexibility index (Phi) is 2.44. The van der Waals surface area contributed by atoms with Gasteiger partial charge in [0.15, 0.2) is 5.82 Å². The maximum Gasteiger partial charge on any atom is 0.432 e. The van der Waals surface area contributed by atoms with E-state index in [4.69, 9.17) is 0 Å². The van der Waals surface area contributed by atoms with Crippen LogP contribution >= 0.6 is 0 Å². The second-order valence-electron chi connectivity index (χ2n) is 4.90. The normalized spacial score (nSPS) is 22.3. The number of rotatable bonds is 2. The molecule has 0 aromatic carbocycles. The molecule has 1 atom stereocenters. The van der Waals surface area contributed by atoms with E-state index >= 15 is 0 Å². The fourth-order valence-electron chi connectivity index (χ4n) is 1.66. The highest BCUT2D eigenvalue weighted by Gasteiger charge is 2.50. The zero-order chi connectivity index (χ0) is 12.8. The van der Waals surface area contributed by atoms with Gasteiger partial charge < -0.3 is 5.32 Å². The Hall–Kier alpha value is -1.53. The topological polar surface area (TPSA) is 57.8 Å². The summed E-state index contributed by atoms with van der Waals surface area (Å²) in [6, 6.07) is 0.785. The number of aromatic amines is 1. The molecule has 1 heterocycles. The monoisotopic (exact) mass is 247 g/mol. The molecule has 2 rings (SSSR count). The zero-order valence-electron chi connectivity index (χ0n) is 9.35. The molecule has 17 heavy (non-hydrogen) atoms. The number of H-pyrrole nitrogens is 1. The summed E-state index contributed by atoms with van der Waals surface area (Å²) in [5.74, 6) is -0.520. The molecule has 2 N–H and O–H groups in total. The van der Waals surface area contributed by atoms with Crippen molar-refractivity contribution < 1.29 is 18.0 Å².